The average molecular weight is 382 g/mol. The number of carbonyl (C=O) groups is 2. The van der Waals surface area contributed by atoms with Crippen LogP contribution in [0.3, 0.4) is 0 Å². The lowest BCUT2D eigenvalue weighted by molar-refractivity contribution is -0.133. The molecule has 1 aromatic heterocycles. The van der Waals surface area contributed by atoms with Gasteiger partial charge in [-0.3, -0.25) is 9.59 Å². The Hall–Kier alpha value is -3.32. The third-order valence-electron chi connectivity index (χ3n) is 4.38. The minimum absolute atomic E-state index is 0.0384. The van der Waals surface area contributed by atoms with Gasteiger partial charge in [-0.2, -0.15) is 0 Å². The minimum atomic E-state index is -1.07. The number of nitrogens with zero attached hydrogens (tertiary/aromatic N) is 1. The second-order valence-electron chi connectivity index (χ2n) is 6.38. The van der Waals surface area contributed by atoms with Gasteiger partial charge >= 0.3 is 0 Å². The molecule has 0 bridgehead atoms. The van der Waals surface area contributed by atoms with Crippen LogP contribution in [0.25, 0.3) is 11.0 Å². The molecule has 1 atom stereocenters. The van der Waals surface area contributed by atoms with Crippen LogP contribution in [0.2, 0.25) is 0 Å². The highest BCUT2D eigenvalue weighted by molar-refractivity contribution is 5.99. The first kappa shape index (κ1) is 19.4. The predicted molar refractivity (Wildman–Crippen MR) is 104 cm³/mol. The van der Waals surface area contributed by atoms with E-state index in [2.05, 4.69) is 5.32 Å². The number of para-hydroxylation sites is 1. The van der Waals surface area contributed by atoms with Crippen LogP contribution < -0.4 is 10.1 Å². The second kappa shape index (κ2) is 8.58. The number of furan rings is 1. The number of nitrogens with one attached hydrogen (secondary N) is 1. The number of likely N-dealkylation sites (N-methyl/N-ethyl adjacent to an activating group) is 1. The topological polar surface area (TPSA) is 92.0 Å². The summed E-state index contributed by atoms with van der Waals surface area (Å²) in [4.78, 5) is 26.6. The van der Waals surface area contributed by atoms with E-state index in [1.165, 1.54) is 12.0 Å². The van der Waals surface area contributed by atoms with Crippen LogP contribution in [0.1, 0.15) is 16.1 Å². The molecule has 3 aromatic rings. The number of aliphatic hydroxyl groups excluding tert-OH is 1. The Morgan fingerprint density at radius 2 is 1.93 bits per heavy atom. The van der Waals surface area contributed by atoms with Gasteiger partial charge in [0, 0.05) is 19.0 Å². The summed E-state index contributed by atoms with van der Waals surface area (Å²) in [5.41, 5.74) is 1.40. The van der Waals surface area contributed by atoms with Gasteiger partial charge in [-0.25, -0.2) is 0 Å². The highest BCUT2D eigenvalue weighted by Gasteiger charge is 2.25. The van der Waals surface area contributed by atoms with E-state index in [1.807, 2.05) is 30.3 Å². The van der Waals surface area contributed by atoms with Crippen LogP contribution in [-0.2, 0) is 11.3 Å². The molecule has 2 amide bonds. The summed E-state index contributed by atoms with van der Waals surface area (Å²) in [7, 11) is 3.14. The second-order valence-corrected chi connectivity index (χ2v) is 6.38. The highest BCUT2D eigenvalue weighted by atomic mass is 16.5. The lowest BCUT2D eigenvalue weighted by Gasteiger charge is -2.23. The molecule has 146 valence electrons. The number of ether oxygens (including phenoxy) is 1. The van der Waals surface area contributed by atoms with Crippen molar-refractivity contribution in [3.8, 4) is 5.75 Å². The van der Waals surface area contributed by atoms with Gasteiger partial charge in [0.25, 0.3) is 5.91 Å². The molecular weight excluding hydrogens is 360 g/mol. The third kappa shape index (κ3) is 4.15. The van der Waals surface area contributed by atoms with Crippen molar-refractivity contribution in [2.24, 2.45) is 0 Å². The van der Waals surface area contributed by atoms with Gasteiger partial charge in [0.1, 0.15) is 6.04 Å². The summed E-state index contributed by atoms with van der Waals surface area (Å²) >= 11 is 0. The van der Waals surface area contributed by atoms with Gasteiger partial charge in [0.05, 0.1) is 13.7 Å². The Morgan fingerprint density at radius 3 is 2.61 bits per heavy atom. The number of carbonyl (C=O) groups excluding carboxylic acids is 2. The first-order valence-electron chi connectivity index (χ1n) is 8.80. The van der Waals surface area contributed by atoms with E-state index in [9.17, 15) is 14.7 Å². The van der Waals surface area contributed by atoms with Crippen LogP contribution >= 0.6 is 0 Å². The zero-order chi connectivity index (χ0) is 20.1. The van der Waals surface area contributed by atoms with Crippen molar-refractivity contribution in [3.05, 3.63) is 65.9 Å². The van der Waals surface area contributed by atoms with Crippen LogP contribution in [0.4, 0.5) is 0 Å². The molecule has 2 N–H and O–H groups in total. The van der Waals surface area contributed by atoms with Crippen LogP contribution in [0.15, 0.2) is 59.0 Å². The fourth-order valence-corrected chi connectivity index (χ4v) is 2.93. The molecule has 1 unspecified atom stereocenters. The summed E-state index contributed by atoms with van der Waals surface area (Å²) < 4.78 is 10.8. The first-order chi connectivity index (χ1) is 13.5. The zero-order valence-electron chi connectivity index (χ0n) is 15.7. The maximum absolute atomic E-state index is 12.6. The number of benzene rings is 2. The Labute approximate surface area is 162 Å². The van der Waals surface area contributed by atoms with E-state index < -0.39 is 24.5 Å². The molecule has 28 heavy (non-hydrogen) atoms. The minimum Gasteiger partial charge on any atom is -0.493 e. The quantitative estimate of drug-likeness (QED) is 0.654. The highest BCUT2D eigenvalue weighted by Crippen LogP contribution is 2.28. The summed E-state index contributed by atoms with van der Waals surface area (Å²) in [5, 5.41) is 12.9. The zero-order valence-corrected chi connectivity index (χ0v) is 15.7. The van der Waals surface area contributed by atoms with Gasteiger partial charge in [0.2, 0.25) is 5.91 Å². The molecule has 0 aliphatic rings. The number of hydrogen-bond donors (Lipinski definition) is 2. The van der Waals surface area contributed by atoms with E-state index >= 15 is 0 Å². The van der Waals surface area contributed by atoms with Crippen molar-refractivity contribution in [2.45, 2.75) is 12.6 Å². The predicted octanol–water partition coefficient (Wildman–Crippen LogP) is 2.19. The summed E-state index contributed by atoms with van der Waals surface area (Å²) in [5.74, 6) is -0.433. The first-order valence-corrected chi connectivity index (χ1v) is 8.80. The van der Waals surface area contributed by atoms with Crippen molar-refractivity contribution >= 4 is 22.8 Å². The van der Waals surface area contributed by atoms with Crippen LogP contribution in [0, 0.1) is 0 Å². The number of fused-ring (bicyclic) bond motifs is 1. The smallest absolute Gasteiger partial charge is 0.287 e. The fourth-order valence-electron chi connectivity index (χ4n) is 2.93. The van der Waals surface area contributed by atoms with E-state index in [1.54, 1.807) is 31.3 Å². The van der Waals surface area contributed by atoms with Gasteiger partial charge in [0.15, 0.2) is 17.1 Å². The lowest BCUT2D eigenvalue weighted by atomic mass is 10.2. The third-order valence-corrected chi connectivity index (χ3v) is 4.38. The Morgan fingerprint density at radius 1 is 1.18 bits per heavy atom. The van der Waals surface area contributed by atoms with Gasteiger partial charge in [-0.1, -0.05) is 42.5 Å². The van der Waals surface area contributed by atoms with Crippen molar-refractivity contribution < 1.29 is 23.8 Å². The number of rotatable bonds is 7. The molecular formula is C21H22N2O5. The summed E-state index contributed by atoms with van der Waals surface area (Å²) in [6.07, 6.45) is 0. The molecule has 3 rings (SSSR count). The van der Waals surface area contributed by atoms with E-state index in [0.29, 0.717) is 23.3 Å². The van der Waals surface area contributed by atoms with Crippen molar-refractivity contribution in [1.82, 2.24) is 10.2 Å². The Balaban J connectivity index is 1.71. The molecule has 0 fully saturated rings. The van der Waals surface area contributed by atoms with Crippen molar-refractivity contribution in [3.63, 3.8) is 0 Å². The molecule has 1 heterocycles. The van der Waals surface area contributed by atoms with Crippen LogP contribution in [-0.4, -0.2) is 48.6 Å². The van der Waals surface area contributed by atoms with Crippen molar-refractivity contribution in [2.75, 3.05) is 20.8 Å². The number of aliphatic hydroxyl groups is 1. The average Bonchev–Trinajstić information content (AvgIpc) is 3.16. The molecule has 0 radical (unpaired) electrons. The number of hydrogen-bond acceptors (Lipinski definition) is 5. The molecule has 0 aliphatic heterocycles. The van der Waals surface area contributed by atoms with Gasteiger partial charge in [-0.05, 0) is 17.7 Å². The lowest BCUT2D eigenvalue weighted by Crippen LogP contribution is -2.49. The fraction of sp³-hybridized carbons (Fsp3) is 0.238. The SMILES string of the molecule is COc1cccc2cc(C(=O)NC(CO)C(=O)N(C)Cc3ccccc3)oc12. The normalized spacial score (nSPS) is 11.8. The molecule has 7 heteroatoms. The van der Waals surface area contributed by atoms with E-state index in [0.717, 1.165) is 5.56 Å². The maximum Gasteiger partial charge on any atom is 0.287 e. The molecule has 7 nitrogen and oxygen atoms in total. The molecule has 2 aromatic carbocycles. The molecule has 0 saturated carbocycles. The standard InChI is InChI=1S/C21H22N2O5/c1-23(12-14-7-4-3-5-8-14)21(26)16(13-24)22-20(25)18-11-15-9-6-10-17(27-2)19(15)28-18/h3-11,16,24H,12-13H2,1-2H3,(H,22,25). The molecule has 0 spiro atoms. The number of amides is 2. The molecule has 0 saturated heterocycles. The maximum atomic E-state index is 12.6. The Bertz CT molecular complexity index is 967. The van der Waals surface area contributed by atoms with Gasteiger partial charge < -0.3 is 24.5 Å². The van der Waals surface area contributed by atoms with E-state index in [-0.39, 0.29) is 5.76 Å². The monoisotopic (exact) mass is 382 g/mol. The van der Waals surface area contributed by atoms with E-state index in [4.69, 9.17) is 9.15 Å². The summed E-state index contributed by atoms with van der Waals surface area (Å²) in [6, 6.07) is 15.3. The number of methoxy groups -OCH3 is 1. The van der Waals surface area contributed by atoms with Crippen LogP contribution in [0.5, 0.6) is 5.75 Å². The largest absolute Gasteiger partial charge is 0.493 e. The van der Waals surface area contributed by atoms with Crippen molar-refractivity contribution in [1.29, 1.82) is 0 Å². The Kier molecular flexibility index (Phi) is 5.96. The molecule has 0 aliphatic carbocycles. The van der Waals surface area contributed by atoms with Gasteiger partial charge in [-0.15, -0.1) is 0 Å². The summed E-state index contributed by atoms with van der Waals surface area (Å²) in [6.45, 7) is -0.152.